The molecular weight excluding hydrogens is 278 g/mol. The largest absolute Gasteiger partial charge is 0.400 e. The number of aliphatic hydroxyl groups is 1. The van der Waals surface area contributed by atoms with Crippen LogP contribution in [0.1, 0.15) is 20.3 Å². The second kappa shape index (κ2) is 14.9. The van der Waals surface area contributed by atoms with Gasteiger partial charge in [-0.25, -0.2) is 0 Å². The number of nitro benzene ring substituents is 1. The minimum Gasteiger partial charge on any atom is -0.400 e. The predicted molar refractivity (Wildman–Crippen MR) is 93.9 cm³/mol. The first-order valence-electron chi connectivity index (χ1n) is 6.94. The molecule has 0 radical (unpaired) electrons. The van der Waals surface area contributed by atoms with Gasteiger partial charge in [0.2, 0.25) is 0 Å². The summed E-state index contributed by atoms with van der Waals surface area (Å²) in [6, 6.07) is 16.1. The third kappa shape index (κ3) is 7.97. The molecule has 2 rings (SSSR count). The van der Waals surface area contributed by atoms with E-state index in [0.717, 1.165) is 12.7 Å². The fourth-order valence-electron chi connectivity index (χ4n) is 1.49. The Hall–Kier alpha value is -2.46. The Kier molecular flexibility index (Phi) is 14.8. The lowest BCUT2D eigenvalue weighted by Gasteiger charge is -2.01. The molecule has 2 aromatic carbocycles. The van der Waals surface area contributed by atoms with Gasteiger partial charge >= 0.3 is 0 Å². The summed E-state index contributed by atoms with van der Waals surface area (Å²) in [5.74, 6) is 0. The molecule has 120 valence electrons. The number of nitro groups is 1. The molecule has 4 nitrogen and oxygen atoms in total. The second-order valence-corrected chi connectivity index (χ2v) is 3.85. The first kappa shape index (κ1) is 21.8. The quantitative estimate of drug-likeness (QED) is 0.477. The van der Waals surface area contributed by atoms with E-state index >= 15 is 0 Å². The highest BCUT2D eigenvalue weighted by Crippen LogP contribution is 2.28. The monoisotopic (exact) mass is 303 g/mol. The summed E-state index contributed by atoms with van der Waals surface area (Å²) in [4.78, 5) is 10.4. The molecule has 0 saturated heterocycles. The molecule has 1 N–H and O–H groups in total. The third-order valence-corrected chi connectivity index (χ3v) is 2.19. The van der Waals surface area contributed by atoms with Crippen LogP contribution in [0.4, 0.5) is 5.69 Å². The smallest absolute Gasteiger partial charge is 0.277 e. The van der Waals surface area contributed by atoms with Crippen LogP contribution in [0.2, 0.25) is 0 Å². The Balaban J connectivity index is 0. The first-order valence-corrected chi connectivity index (χ1v) is 6.94. The van der Waals surface area contributed by atoms with Crippen LogP contribution in [0.5, 0.6) is 0 Å². The molecule has 0 fully saturated rings. The maximum absolute atomic E-state index is 10.8. The molecule has 0 bridgehead atoms. The number of rotatable bonds is 2. The van der Waals surface area contributed by atoms with Gasteiger partial charge in [0.1, 0.15) is 0 Å². The van der Waals surface area contributed by atoms with Gasteiger partial charge in [-0.05, 0) is 11.6 Å². The average Bonchev–Trinajstić information content (AvgIpc) is 2.60. The van der Waals surface area contributed by atoms with E-state index in [0.29, 0.717) is 5.56 Å². The van der Waals surface area contributed by atoms with Gasteiger partial charge < -0.3 is 5.11 Å². The van der Waals surface area contributed by atoms with Crippen LogP contribution in [-0.4, -0.2) is 17.1 Å². The Labute approximate surface area is 132 Å². The van der Waals surface area contributed by atoms with Gasteiger partial charge in [-0.1, -0.05) is 62.7 Å². The van der Waals surface area contributed by atoms with Crippen molar-refractivity contribution in [3.63, 3.8) is 0 Å². The second-order valence-electron chi connectivity index (χ2n) is 3.85. The predicted octanol–water partition coefficient (Wildman–Crippen LogP) is 5.09. The van der Waals surface area contributed by atoms with Crippen molar-refractivity contribution in [2.24, 2.45) is 0 Å². The highest BCUT2D eigenvalue weighted by molar-refractivity contribution is 5.73. The van der Waals surface area contributed by atoms with E-state index in [4.69, 9.17) is 5.11 Å². The zero-order valence-corrected chi connectivity index (χ0v) is 13.5. The van der Waals surface area contributed by atoms with Gasteiger partial charge in [0, 0.05) is 13.2 Å². The molecule has 0 atom stereocenters. The molecule has 0 heterocycles. The third-order valence-electron chi connectivity index (χ3n) is 2.19. The summed E-state index contributed by atoms with van der Waals surface area (Å²) in [7, 11) is 1.00. The molecule has 0 saturated carbocycles. The van der Waals surface area contributed by atoms with E-state index in [-0.39, 0.29) is 10.6 Å². The number of aliphatic hydroxyl groups excluding tert-OH is 1. The van der Waals surface area contributed by atoms with E-state index in [2.05, 4.69) is 27.0 Å². The summed E-state index contributed by atoms with van der Waals surface area (Å²) in [6.45, 7) is 10.2. The topological polar surface area (TPSA) is 63.4 Å². The molecule has 22 heavy (non-hydrogen) atoms. The van der Waals surface area contributed by atoms with Gasteiger partial charge in [-0.15, -0.1) is 13.2 Å². The average molecular weight is 303 g/mol. The lowest BCUT2D eigenvalue weighted by molar-refractivity contribution is -0.384. The van der Waals surface area contributed by atoms with Gasteiger partial charge in [0.15, 0.2) is 0 Å². The Morgan fingerprint density at radius 2 is 1.36 bits per heavy atom. The van der Waals surface area contributed by atoms with Crippen LogP contribution in [0.25, 0.3) is 11.1 Å². The van der Waals surface area contributed by atoms with Crippen molar-refractivity contribution in [3.05, 3.63) is 77.9 Å². The number of hydrogen-bond donors (Lipinski definition) is 1. The Morgan fingerprint density at radius 3 is 1.82 bits per heavy atom. The van der Waals surface area contributed by atoms with Crippen LogP contribution in [0.15, 0.2) is 67.8 Å². The summed E-state index contributed by atoms with van der Waals surface area (Å²) in [5, 5.41) is 17.8. The van der Waals surface area contributed by atoms with Gasteiger partial charge in [-0.3, -0.25) is 10.1 Å². The van der Waals surface area contributed by atoms with E-state index in [1.807, 2.05) is 30.3 Å². The highest BCUT2D eigenvalue weighted by Gasteiger charge is 2.12. The zero-order chi connectivity index (χ0) is 17.4. The lowest BCUT2D eigenvalue weighted by Crippen LogP contribution is -1.90. The maximum Gasteiger partial charge on any atom is 0.277 e. The van der Waals surface area contributed by atoms with Crippen molar-refractivity contribution in [3.8, 4) is 11.1 Å². The molecule has 0 amide bonds. The maximum atomic E-state index is 10.8. The summed E-state index contributed by atoms with van der Waals surface area (Å²) >= 11 is 0. The molecule has 0 aliphatic rings. The molecule has 0 aromatic heterocycles. The number of para-hydroxylation sites is 1. The first-order chi connectivity index (χ1) is 10.7. The van der Waals surface area contributed by atoms with Crippen molar-refractivity contribution >= 4 is 5.69 Å². The SMILES string of the molecule is C=C.CCC.CO.O=[N+]([O-])c1ccccc1-c1ccccc1. The molecule has 0 unspecified atom stereocenters. The summed E-state index contributed by atoms with van der Waals surface area (Å²) in [6.07, 6.45) is 1.25. The van der Waals surface area contributed by atoms with Gasteiger partial charge in [0.05, 0.1) is 10.5 Å². The summed E-state index contributed by atoms with van der Waals surface area (Å²) in [5.41, 5.74) is 1.66. The molecule has 4 heteroatoms. The van der Waals surface area contributed by atoms with Crippen LogP contribution < -0.4 is 0 Å². The van der Waals surface area contributed by atoms with Crippen molar-refractivity contribution in [2.75, 3.05) is 7.11 Å². The molecule has 2 aromatic rings. The van der Waals surface area contributed by atoms with Crippen LogP contribution in [0.3, 0.4) is 0 Å². The molecular formula is C18H25NO3. The number of hydrogen-bond acceptors (Lipinski definition) is 3. The van der Waals surface area contributed by atoms with Crippen LogP contribution in [-0.2, 0) is 0 Å². The number of benzene rings is 2. The van der Waals surface area contributed by atoms with Crippen molar-refractivity contribution < 1.29 is 10.0 Å². The standard InChI is InChI=1S/C12H9NO2.C3H8.C2H4.CH4O/c14-13(15)12-9-5-4-8-11(12)10-6-2-1-3-7-10;1-3-2;2*1-2/h1-9H;3H2,1-2H3;1-2H2;2H,1H3. The van der Waals surface area contributed by atoms with Crippen molar-refractivity contribution in [1.82, 2.24) is 0 Å². The lowest BCUT2D eigenvalue weighted by atomic mass is 10.0. The van der Waals surface area contributed by atoms with Crippen molar-refractivity contribution in [1.29, 1.82) is 0 Å². The molecule has 0 aliphatic carbocycles. The Morgan fingerprint density at radius 1 is 0.955 bits per heavy atom. The van der Waals surface area contributed by atoms with E-state index in [1.54, 1.807) is 18.2 Å². The minimum atomic E-state index is -0.359. The van der Waals surface area contributed by atoms with E-state index in [9.17, 15) is 10.1 Å². The zero-order valence-electron chi connectivity index (χ0n) is 13.5. The van der Waals surface area contributed by atoms with E-state index in [1.165, 1.54) is 12.5 Å². The fourth-order valence-corrected chi connectivity index (χ4v) is 1.49. The molecule has 0 aliphatic heterocycles. The Bertz CT molecular complexity index is 513. The van der Waals surface area contributed by atoms with Gasteiger partial charge in [-0.2, -0.15) is 0 Å². The number of nitrogens with zero attached hydrogens (tertiary/aromatic N) is 1. The van der Waals surface area contributed by atoms with Crippen LogP contribution >= 0.6 is 0 Å². The van der Waals surface area contributed by atoms with Crippen molar-refractivity contribution in [2.45, 2.75) is 20.3 Å². The van der Waals surface area contributed by atoms with Gasteiger partial charge in [0.25, 0.3) is 5.69 Å². The molecule has 0 spiro atoms. The van der Waals surface area contributed by atoms with Crippen LogP contribution in [0, 0.1) is 10.1 Å². The minimum absolute atomic E-state index is 0.142. The normalized spacial score (nSPS) is 8.00. The fraction of sp³-hybridized carbons (Fsp3) is 0.222. The van der Waals surface area contributed by atoms with E-state index < -0.39 is 0 Å². The summed E-state index contributed by atoms with van der Waals surface area (Å²) < 4.78 is 0. The highest BCUT2D eigenvalue weighted by atomic mass is 16.6.